The van der Waals surface area contributed by atoms with E-state index in [0.29, 0.717) is 27.0 Å². The molecule has 0 aliphatic rings. The first kappa shape index (κ1) is 20.0. The van der Waals surface area contributed by atoms with Crippen LogP contribution in [0.5, 0.6) is 5.75 Å². The maximum atomic E-state index is 12.1. The molecule has 0 saturated heterocycles. The number of aromatic nitrogens is 2. The van der Waals surface area contributed by atoms with E-state index in [1.54, 1.807) is 30.3 Å². The van der Waals surface area contributed by atoms with Gasteiger partial charge >= 0.3 is 0 Å². The topological polar surface area (TPSA) is 101 Å². The van der Waals surface area contributed by atoms with Crippen molar-refractivity contribution >= 4 is 46.6 Å². The van der Waals surface area contributed by atoms with E-state index in [1.165, 1.54) is 12.1 Å². The molecule has 0 saturated carbocycles. The van der Waals surface area contributed by atoms with E-state index in [-0.39, 0.29) is 29.4 Å². The van der Waals surface area contributed by atoms with E-state index in [2.05, 4.69) is 15.5 Å². The third-order valence-electron chi connectivity index (χ3n) is 3.33. The molecule has 0 unspecified atom stereocenters. The second-order valence-electron chi connectivity index (χ2n) is 5.34. The Morgan fingerprint density at radius 1 is 1.18 bits per heavy atom. The van der Waals surface area contributed by atoms with Crippen LogP contribution in [-0.4, -0.2) is 21.9 Å². The van der Waals surface area contributed by atoms with Crippen molar-refractivity contribution < 1.29 is 13.9 Å². The summed E-state index contributed by atoms with van der Waals surface area (Å²) < 4.78 is 10.9. The van der Waals surface area contributed by atoms with Crippen molar-refractivity contribution in [1.82, 2.24) is 10.2 Å². The molecule has 0 radical (unpaired) electrons. The molecule has 3 aromatic rings. The van der Waals surface area contributed by atoms with Crippen LogP contribution in [0.15, 0.2) is 52.1 Å². The van der Waals surface area contributed by atoms with Gasteiger partial charge in [0, 0.05) is 10.0 Å². The van der Waals surface area contributed by atoms with Gasteiger partial charge in [-0.15, -0.1) is 10.2 Å². The molecule has 0 aliphatic carbocycles. The second-order valence-corrected chi connectivity index (χ2v) is 7.14. The Bertz CT molecular complexity index is 1020. The molecule has 28 heavy (non-hydrogen) atoms. The summed E-state index contributed by atoms with van der Waals surface area (Å²) in [5, 5.41) is 20.7. The summed E-state index contributed by atoms with van der Waals surface area (Å²) in [6, 6.07) is 13.5. The van der Waals surface area contributed by atoms with Gasteiger partial charge in [-0.25, -0.2) is 0 Å². The first-order chi connectivity index (χ1) is 13.5. The molecule has 0 spiro atoms. The van der Waals surface area contributed by atoms with Crippen LogP contribution in [-0.2, 0) is 11.4 Å². The smallest absolute Gasteiger partial charge is 0.277 e. The van der Waals surface area contributed by atoms with E-state index >= 15 is 0 Å². The number of rotatable bonds is 7. The summed E-state index contributed by atoms with van der Waals surface area (Å²) >= 11 is 12.8. The standard InChI is InChI=1S/C18H12Cl2N4O3S/c19-12-3-5-14(6-4-12)26-9-17-23-24-18(27-17)28-10-16(25)22-15-7-13(20)2-1-11(15)8-21/h1-7H,9-10H2,(H,22,25). The fraction of sp³-hybridized carbons (Fsp3) is 0.111. The minimum atomic E-state index is -0.332. The van der Waals surface area contributed by atoms with Gasteiger partial charge in [-0.3, -0.25) is 4.79 Å². The number of hydrogen-bond acceptors (Lipinski definition) is 7. The minimum absolute atomic E-state index is 0.0249. The number of halogens is 2. The maximum Gasteiger partial charge on any atom is 0.277 e. The highest BCUT2D eigenvalue weighted by atomic mass is 35.5. The largest absolute Gasteiger partial charge is 0.484 e. The van der Waals surface area contributed by atoms with Gasteiger partial charge in [0.05, 0.1) is 17.0 Å². The molecule has 10 heteroatoms. The summed E-state index contributed by atoms with van der Waals surface area (Å²) in [5.74, 6) is 0.586. The lowest BCUT2D eigenvalue weighted by molar-refractivity contribution is -0.113. The Hall–Kier alpha value is -2.73. The van der Waals surface area contributed by atoms with E-state index in [4.69, 9.17) is 37.6 Å². The normalized spacial score (nSPS) is 10.3. The monoisotopic (exact) mass is 434 g/mol. The molecule has 3 rings (SSSR count). The number of nitriles is 1. The van der Waals surface area contributed by atoms with Gasteiger partial charge in [-0.2, -0.15) is 5.26 Å². The van der Waals surface area contributed by atoms with Crippen LogP contribution < -0.4 is 10.1 Å². The third-order valence-corrected chi connectivity index (χ3v) is 4.63. The van der Waals surface area contributed by atoms with Crippen LogP contribution in [0.2, 0.25) is 10.0 Å². The van der Waals surface area contributed by atoms with Crippen molar-refractivity contribution in [2.75, 3.05) is 11.1 Å². The molecule has 0 fully saturated rings. The van der Waals surface area contributed by atoms with E-state index < -0.39 is 0 Å². The van der Waals surface area contributed by atoms with E-state index in [9.17, 15) is 4.79 Å². The summed E-state index contributed by atoms with van der Waals surface area (Å²) in [6.07, 6.45) is 0. The number of nitrogens with zero attached hydrogens (tertiary/aromatic N) is 3. The Morgan fingerprint density at radius 3 is 2.68 bits per heavy atom. The van der Waals surface area contributed by atoms with Gasteiger partial charge in [0.15, 0.2) is 6.61 Å². The average molecular weight is 435 g/mol. The predicted molar refractivity (Wildman–Crippen MR) is 106 cm³/mol. The number of amides is 1. The van der Waals surface area contributed by atoms with Gasteiger partial charge in [-0.1, -0.05) is 35.0 Å². The highest BCUT2D eigenvalue weighted by molar-refractivity contribution is 7.99. The van der Waals surface area contributed by atoms with Crippen LogP contribution in [0, 0.1) is 11.3 Å². The number of hydrogen-bond donors (Lipinski definition) is 1. The van der Waals surface area contributed by atoms with Crippen LogP contribution in [0.1, 0.15) is 11.5 Å². The molecule has 2 aromatic carbocycles. The molecule has 1 amide bonds. The molecule has 1 aromatic heterocycles. The Kier molecular flexibility index (Phi) is 6.76. The SMILES string of the molecule is N#Cc1ccc(Cl)cc1NC(=O)CSc1nnc(COc2ccc(Cl)cc2)o1. The van der Waals surface area contributed by atoms with Crippen LogP contribution in [0.3, 0.4) is 0 Å². The minimum Gasteiger partial charge on any atom is -0.484 e. The zero-order valence-electron chi connectivity index (χ0n) is 14.2. The summed E-state index contributed by atoms with van der Waals surface area (Å²) in [6.45, 7) is 0.0927. The fourth-order valence-corrected chi connectivity index (χ4v) is 2.94. The quantitative estimate of drug-likeness (QED) is 0.543. The van der Waals surface area contributed by atoms with Crippen molar-refractivity contribution in [1.29, 1.82) is 5.26 Å². The number of carbonyl (C=O) groups is 1. The van der Waals surface area contributed by atoms with Crippen molar-refractivity contribution in [2.24, 2.45) is 0 Å². The van der Waals surface area contributed by atoms with Gasteiger partial charge < -0.3 is 14.5 Å². The molecule has 0 aliphatic heterocycles. The molecule has 0 atom stereocenters. The first-order valence-corrected chi connectivity index (χ1v) is 9.60. The first-order valence-electron chi connectivity index (χ1n) is 7.86. The number of benzene rings is 2. The number of thioether (sulfide) groups is 1. The lowest BCUT2D eigenvalue weighted by Gasteiger charge is -2.06. The Balaban J connectivity index is 1.50. The lowest BCUT2D eigenvalue weighted by atomic mass is 10.2. The van der Waals surface area contributed by atoms with Crippen LogP contribution >= 0.6 is 35.0 Å². The number of carbonyl (C=O) groups excluding carboxylic acids is 1. The van der Waals surface area contributed by atoms with Crippen molar-refractivity contribution in [3.05, 3.63) is 64.0 Å². The van der Waals surface area contributed by atoms with Gasteiger partial charge in [0.1, 0.15) is 11.8 Å². The van der Waals surface area contributed by atoms with Crippen LogP contribution in [0.4, 0.5) is 5.69 Å². The molecule has 1 heterocycles. The molecule has 0 bridgehead atoms. The van der Waals surface area contributed by atoms with E-state index in [1.807, 2.05) is 6.07 Å². The number of anilines is 1. The molecular weight excluding hydrogens is 423 g/mol. The summed E-state index contributed by atoms with van der Waals surface area (Å²) in [5.41, 5.74) is 0.672. The average Bonchev–Trinajstić information content (AvgIpc) is 3.14. The summed E-state index contributed by atoms with van der Waals surface area (Å²) in [4.78, 5) is 12.1. The molecule has 7 nitrogen and oxygen atoms in total. The summed E-state index contributed by atoms with van der Waals surface area (Å²) in [7, 11) is 0. The van der Waals surface area contributed by atoms with Crippen molar-refractivity contribution in [2.45, 2.75) is 11.8 Å². The third kappa shape index (κ3) is 5.63. The van der Waals surface area contributed by atoms with Gasteiger partial charge in [0.2, 0.25) is 5.91 Å². The fourth-order valence-electron chi connectivity index (χ4n) is 2.06. The molecule has 142 valence electrons. The molecular formula is C18H12Cl2N4O3S. The zero-order valence-corrected chi connectivity index (χ0v) is 16.5. The lowest BCUT2D eigenvalue weighted by Crippen LogP contribution is -2.15. The molecule has 1 N–H and O–H groups in total. The highest BCUT2D eigenvalue weighted by Gasteiger charge is 2.12. The number of ether oxygens (including phenoxy) is 1. The maximum absolute atomic E-state index is 12.1. The predicted octanol–water partition coefficient (Wildman–Crippen LogP) is 4.56. The van der Waals surface area contributed by atoms with E-state index in [0.717, 1.165) is 11.8 Å². The van der Waals surface area contributed by atoms with Gasteiger partial charge in [0.25, 0.3) is 11.1 Å². The van der Waals surface area contributed by atoms with Crippen molar-refractivity contribution in [3.63, 3.8) is 0 Å². The van der Waals surface area contributed by atoms with Crippen LogP contribution in [0.25, 0.3) is 0 Å². The number of nitrogens with one attached hydrogen (secondary N) is 1. The zero-order chi connectivity index (χ0) is 19.9. The highest BCUT2D eigenvalue weighted by Crippen LogP contribution is 2.22. The second kappa shape index (κ2) is 9.46. The van der Waals surface area contributed by atoms with Crippen molar-refractivity contribution in [3.8, 4) is 11.8 Å². The Labute approximate surface area is 174 Å². The Morgan fingerprint density at radius 2 is 1.93 bits per heavy atom. The van der Waals surface area contributed by atoms with Gasteiger partial charge in [-0.05, 0) is 42.5 Å².